The Kier molecular flexibility index (Phi) is 22.1. The Hall–Kier alpha value is -4.35. The van der Waals surface area contributed by atoms with Gasteiger partial charge in [0.05, 0.1) is 31.8 Å². The highest BCUT2D eigenvalue weighted by Gasteiger charge is 2.42. The Labute approximate surface area is 340 Å². The summed E-state index contributed by atoms with van der Waals surface area (Å²) in [6.45, 7) is 1.95. The van der Waals surface area contributed by atoms with Crippen LogP contribution in [0.15, 0.2) is 0 Å². The zero-order chi connectivity index (χ0) is 42.5. The molecule has 0 radical (unpaired) electrons. The first kappa shape index (κ1) is 48.8. The molecule has 7 atom stereocenters. The van der Waals surface area contributed by atoms with Crippen LogP contribution in [-0.4, -0.2) is 137 Å². The van der Waals surface area contributed by atoms with Crippen molar-refractivity contribution in [2.75, 3.05) is 37.7 Å². The van der Waals surface area contributed by atoms with Gasteiger partial charge in [-0.15, -0.1) is 0 Å². The maximum absolute atomic E-state index is 12.8. The van der Waals surface area contributed by atoms with Gasteiger partial charge in [0, 0.05) is 42.1 Å². The molecule has 0 spiro atoms. The number of hydrogen-bond acceptors (Lipinski definition) is 13. The third-order valence-electron chi connectivity index (χ3n) is 9.18. The second kappa shape index (κ2) is 25.8. The van der Waals surface area contributed by atoms with Gasteiger partial charge in [-0.3, -0.25) is 43.6 Å². The van der Waals surface area contributed by atoms with E-state index in [1.54, 1.807) is 0 Å². The average Bonchev–Trinajstić information content (AvgIpc) is 3.73. The van der Waals surface area contributed by atoms with Gasteiger partial charge in [0.2, 0.25) is 47.3 Å². The van der Waals surface area contributed by atoms with E-state index in [0.717, 1.165) is 25.0 Å². The highest BCUT2D eigenvalue weighted by Crippen LogP contribution is 2.33. The standard InChI is InChI=1S/C34H58N10O11S2/c1-18(2)11-19(12-26(47)44-55)31(51)41-22(16-56)33(53)40-21(15-45)32(52)38-13-27(48)37-14-28(49)39-20(30(35)50)7-5-6-10-36-25(46)9-4-3-8-24-29-23(17-57-24)42-34(54)43-29/h18-24,29,45,55-56H,3-17H2,1-2H3,(H2,35,50)(H,36,46)(H,37,48)(H,38,52)(H,39,49)(H,40,53)(H,41,51)(H,44,47)(H2,42,43,54)/t19?,20-,21-,22-,23-,24-,29-/m0/s1. The third kappa shape index (κ3) is 18.2. The van der Waals surface area contributed by atoms with Crippen LogP contribution in [0.2, 0.25) is 0 Å². The van der Waals surface area contributed by atoms with Gasteiger partial charge in [0.25, 0.3) is 0 Å². The molecule has 0 aromatic rings. The molecule has 23 heteroatoms. The molecule has 10 amide bonds. The molecule has 21 nitrogen and oxygen atoms in total. The minimum absolute atomic E-state index is 0.000378. The van der Waals surface area contributed by atoms with Crippen molar-refractivity contribution in [3.63, 3.8) is 0 Å². The number of carbonyl (C=O) groups excluding carboxylic acids is 9. The monoisotopic (exact) mass is 846 g/mol. The second-order valence-corrected chi connectivity index (χ2v) is 15.9. The lowest BCUT2D eigenvalue weighted by Crippen LogP contribution is -2.57. The molecule has 0 aromatic carbocycles. The highest BCUT2D eigenvalue weighted by atomic mass is 32.2. The van der Waals surface area contributed by atoms with Gasteiger partial charge < -0.3 is 53.4 Å². The Morgan fingerprint density at radius 2 is 1.53 bits per heavy atom. The smallest absolute Gasteiger partial charge is 0.315 e. The lowest BCUT2D eigenvalue weighted by Gasteiger charge is -2.23. The Bertz CT molecular complexity index is 1430. The Balaban J connectivity index is 1.65. The van der Waals surface area contributed by atoms with Crippen molar-refractivity contribution in [1.29, 1.82) is 0 Å². The number of hydroxylamine groups is 1. The SMILES string of the molecule is CC(C)CC(CC(=O)NO)C(=O)N[C@@H](CS)C(=O)N[C@@H](CO)C(=O)NCC(=O)NCC(=O)N[C@@H](CCCCNC(=O)CCCC[C@@H]1SC[C@@H]2NC(=O)N[C@@H]21)C(N)=O. The van der Waals surface area contributed by atoms with Crippen LogP contribution in [0.4, 0.5) is 4.79 Å². The molecular weight excluding hydrogens is 789 g/mol. The topological polar surface area (TPSA) is 328 Å². The number of thioether (sulfide) groups is 1. The van der Waals surface area contributed by atoms with Crippen LogP contribution in [0, 0.1) is 11.8 Å². The van der Waals surface area contributed by atoms with Crippen LogP contribution in [0.25, 0.3) is 0 Å². The van der Waals surface area contributed by atoms with E-state index in [9.17, 15) is 48.3 Å². The van der Waals surface area contributed by atoms with Gasteiger partial charge in [-0.2, -0.15) is 24.4 Å². The van der Waals surface area contributed by atoms with Crippen molar-refractivity contribution in [3.05, 3.63) is 0 Å². The number of rotatable bonds is 27. The van der Waals surface area contributed by atoms with Gasteiger partial charge >= 0.3 is 6.03 Å². The number of thiol groups is 1. The summed E-state index contributed by atoms with van der Waals surface area (Å²) in [5.41, 5.74) is 6.89. The number of unbranched alkanes of at least 4 members (excludes halogenated alkanes) is 2. The third-order valence-corrected chi connectivity index (χ3v) is 11.1. The van der Waals surface area contributed by atoms with Crippen LogP contribution in [0.3, 0.4) is 0 Å². The maximum Gasteiger partial charge on any atom is 0.315 e. The first-order valence-corrected chi connectivity index (χ1v) is 20.6. The Morgan fingerprint density at radius 3 is 2.18 bits per heavy atom. The number of aliphatic hydroxyl groups excluding tert-OH is 1. The van der Waals surface area contributed by atoms with E-state index < -0.39 is 85.1 Å². The molecule has 322 valence electrons. The van der Waals surface area contributed by atoms with E-state index in [-0.39, 0.29) is 55.0 Å². The van der Waals surface area contributed by atoms with Crippen molar-refractivity contribution in [2.45, 2.75) is 107 Å². The number of nitrogens with one attached hydrogen (secondary N) is 9. The zero-order valence-corrected chi connectivity index (χ0v) is 33.9. The van der Waals surface area contributed by atoms with E-state index in [1.165, 1.54) is 5.48 Å². The fraction of sp³-hybridized carbons (Fsp3) is 0.735. The summed E-state index contributed by atoms with van der Waals surface area (Å²) in [4.78, 5) is 110. The highest BCUT2D eigenvalue weighted by molar-refractivity contribution is 8.00. The average molecular weight is 847 g/mol. The van der Waals surface area contributed by atoms with Crippen molar-refractivity contribution < 1.29 is 53.5 Å². The quantitative estimate of drug-likeness (QED) is 0.0127. The van der Waals surface area contributed by atoms with Crippen LogP contribution in [0.5, 0.6) is 0 Å². The molecule has 2 heterocycles. The van der Waals surface area contributed by atoms with E-state index >= 15 is 0 Å². The normalized spacial score (nSPS) is 19.1. The van der Waals surface area contributed by atoms with Gasteiger partial charge in [0.15, 0.2) is 0 Å². The number of primary amides is 1. The number of aliphatic hydroxyl groups is 1. The summed E-state index contributed by atoms with van der Waals surface area (Å²) in [7, 11) is 0. The van der Waals surface area contributed by atoms with Gasteiger partial charge in [-0.05, 0) is 44.4 Å². The summed E-state index contributed by atoms with van der Waals surface area (Å²) >= 11 is 5.90. The fourth-order valence-electron chi connectivity index (χ4n) is 6.20. The lowest BCUT2D eigenvalue weighted by molar-refractivity contribution is -0.137. The largest absolute Gasteiger partial charge is 0.394 e. The predicted molar refractivity (Wildman–Crippen MR) is 210 cm³/mol. The summed E-state index contributed by atoms with van der Waals surface area (Å²) < 4.78 is 0. The van der Waals surface area contributed by atoms with Crippen LogP contribution in [0.1, 0.15) is 71.6 Å². The first-order chi connectivity index (χ1) is 27.1. The number of urea groups is 1. The molecule has 2 saturated heterocycles. The first-order valence-electron chi connectivity index (χ1n) is 18.9. The number of nitrogens with two attached hydrogens (primary N) is 1. The molecule has 0 aliphatic carbocycles. The van der Waals surface area contributed by atoms with Gasteiger partial charge in [-0.25, -0.2) is 10.3 Å². The van der Waals surface area contributed by atoms with E-state index in [1.807, 2.05) is 25.6 Å². The fourth-order valence-corrected chi connectivity index (χ4v) is 8.00. The lowest BCUT2D eigenvalue weighted by atomic mass is 9.93. The summed E-state index contributed by atoms with van der Waals surface area (Å²) in [6.07, 6.45) is 3.98. The van der Waals surface area contributed by atoms with Crippen LogP contribution in [-0.2, 0) is 38.4 Å². The molecule has 57 heavy (non-hydrogen) atoms. The minimum atomic E-state index is -1.53. The summed E-state index contributed by atoms with van der Waals surface area (Å²) in [5.74, 6) is -5.88. The summed E-state index contributed by atoms with van der Waals surface area (Å²) in [5, 5.41) is 39.2. The van der Waals surface area contributed by atoms with Crippen molar-refractivity contribution >= 4 is 77.7 Å². The molecular formula is C34H58N10O11S2. The molecule has 2 rings (SSSR count). The minimum Gasteiger partial charge on any atom is -0.394 e. The van der Waals surface area contributed by atoms with E-state index in [0.29, 0.717) is 31.1 Å². The number of carbonyl (C=O) groups is 9. The second-order valence-electron chi connectivity index (χ2n) is 14.3. The number of hydrogen-bond donors (Lipinski definition) is 13. The molecule has 0 saturated carbocycles. The molecule has 2 aliphatic rings. The number of fused-ring (bicyclic) bond motifs is 1. The van der Waals surface area contributed by atoms with Crippen LogP contribution >= 0.6 is 24.4 Å². The molecule has 2 aliphatic heterocycles. The number of amides is 10. The van der Waals surface area contributed by atoms with E-state index in [4.69, 9.17) is 10.9 Å². The van der Waals surface area contributed by atoms with Crippen molar-refractivity contribution in [2.24, 2.45) is 17.6 Å². The molecule has 13 N–H and O–H groups in total. The predicted octanol–water partition coefficient (Wildman–Crippen LogP) is -3.35. The molecule has 0 aromatic heterocycles. The van der Waals surface area contributed by atoms with E-state index in [2.05, 4.69) is 55.2 Å². The zero-order valence-electron chi connectivity index (χ0n) is 32.2. The van der Waals surface area contributed by atoms with Crippen molar-refractivity contribution in [1.82, 2.24) is 48.0 Å². The Morgan fingerprint density at radius 1 is 0.825 bits per heavy atom. The van der Waals surface area contributed by atoms with Gasteiger partial charge in [0.1, 0.15) is 18.1 Å². The van der Waals surface area contributed by atoms with Crippen molar-refractivity contribution in [3.8, 4) is 0 Å². The summed E-state index contributed by atoms with van der Waals surface area (Å²) in [6, 6.07) is -3.64. The molecule has 0 bridgehead atoms. The molecule has 1 unspecified atom stereocenters. The van der Waals surface area contributed by atoms with Crippen LogP contribution < -0.4 is 53.7 Å². The molecule has 2 fully saturated rings. The maximum atomic E-state index is 12.8. The van der Waals surface area contributed by atoms with Gasteiger partial charge in [-0.1, -0.05) is 20.3 Å².